The van der Waals surface area contributed by atoms with Crippen LogP contribution in [0.25, 0.3) is 0 Å². The lowest BCUT2D eigenvalue weighted by molar-refractivity contribution is -0.119. The molecule has 104 valence electrons. The van der Waals surface area contributed by atoms with Gasteiger partial charge in [0.15, 0.2) is 0 Å². The van der Waals surface area contributed by atoms with Gasteiger partial charge in [0.1, 0.15) is 6.29 Å². The van der Waals surface area contributed by atoms with Crippen LogP contribution in [0, 0.1) is 5.92 Å². The van der Waals surface area contributed by atoms with Crippen molar-refractivity contribution < 1.29 is 14.6 Å². The molecule has 1 heterocycles. The summed E-state index contributed by atoms with van der Waals surface area (Å²) in [6.07, 6.45) is 8.84. The van der Waals surface area contributed by atoms with E-state index >= 15 is 0 Å². The van der Waals surface area contributed by atoms with E-state index in [1.807, 2.05) is 0 Å². The normalized spacial score (nSPS) is 34.4. The third-order valence-corrected chi connectivity index (χ3v) is 4.31. The van der Waals surface area contributed by atoms with Crippen molar-refractivity contribution in [1.82, 2.24) is 5.32 Å². The van der Waals surface area contributed by atoms with Crippen molar-refractivity contribution in [3.8, 4) is 0 Å². The van der Waals surface area contributed by atoms with Crippen LogP contribution in [0.5, 0.6) is 0 Å². The van der Waals surface area contributed by atoms with E-state index in [1.165, 1.54) is 32.1 Å². The van der Waals surface area contributed by atoms with Gasteiger partial charge in [-0.15, -0.1) is 0 Å². The minimum absolute atomic E-state index is 0.0607. The highest BCUT2D eigenvalue weighted by molar-refractivity contribution is 5.59. The molecular weight excluding hydrogens is 230 g/mol. The van der Waals surface area contributed by atoms with Crippen LogP contribution in [0.1, 0.15) is 44.9 Å². The molecule has 2 rings (SSSR count). The predicted molar refractivity (Wildman–Crippen MR) is 69.4 cm³/mol. The molecule has 1 saturated heterocycles. The van der Waals surface area contributed by atoms with Crippen LogP contribution in [0.3, 0.4) is 0 Å². The van der Waals surface area contributed by atoms with E-state index in [-0.39, 0.29) is 18.8 Å². The van der Waals surface area contributed by atoms with Crippen molar-refractivity contribution in [3.63, 3.8) is 0 Å². The topological polar surface area (TPSA) is 58.6 Å². The van der Waals surface area contributed by atoms with Gasteiger partial charge in [0, 0.05) is 12.6 Å². The summed E-state index contributed by atoms with van der Waals surface area (Å²) in [4.78, 5) is 11.2. The second kappa shape index (κ2) is 7.22. The lowest BCUT2D eigenvalue weighted by Gasteiger charge is -2.40. The van der Waals surface area contributed by atoms with Gasteiger partial charge in [-0.1, -0.05) is 19.3 Å². The van der Waals surface area contributed by atoms with E-state index in [0.717, 1.165) is 12.7 Å². The molecule has 0 radical (unpaired) electrons. The number of rotatable bonds is 5. The second-order valence-corrected chi connectivity index (χ2v) is 5.57. The summed E-state index contributed by atoms with van der Waals surface area (Å²) in [6, 6.07) is 0.142. The number of carbonyl (C=O) groups is 1. The van der Waals surface area contributed by atoms with Crippen molar-refractivity contribution in [2.24, 2.45) is 5.92 Å². The molecule has 0 aromatic heterocycles. The highest BCUT2D eigenvalue weighted by Crippen LogP contribution is 2.29. The van der Waals surface area contributed by atoms with Crippen LogP contribution in [-0.4, -0.2) is 42.8 Å². The number of aliphatic hydroxyl groups excluding tert-OH is 1. The Morgan fingerprint density at radius 1 is 1.28 bits per heavy atom. The van der Waals surface area contributed by atoms with Crippen LogP contribution in [-0.2, 0) is 9.53 Å². The molecule has 3 atom stereocenters. The Hall–Kier alpha value is -0.450. The maximum atomic E-state index is 11.2. The number of nitrogens with one attached hydrogen (secondary N) is 1. The SMILES string of the molecule is O=CC1NC(C2CCCCC2)COC1CCCO. The van der Waals surface area contributed by atoms with Crippen molar-refractivity contribution in [1.29, 1.82) is 0 Å². The number of aliphatic hydroxyl groups is 1. The second-order valence-electron chi connectivity index (χ2n) is 5.57. The molecule has 4 nitrogen and oxygen atoms in total. The first-order valence-corrected chi connectivity index (χ1v) is 7.29. The van der Waals surface area contributed by atoms with Gasteiger partial charge < -0.3 is 20.0 Å². The fraction of sp³-hybridized carbons (Fsp3) is 0.929. The molecule has 2 N–H and O–H groups in total. The Morgan fingerprint density at radius 2 is 2.06 bits per heavy atom. The quantitative estimate of drug-likeness (QED) is 0.726. The smallest absolute Gasteiger partial charge is 0.139 e. The van der Waals surface area contributed by atoms with E-state index < -0.39 is 0 Å². The third kappa shape index (κ3) is 3.53. The van der Waals surface area contributed by atoms with Gasteiger partial charge in [-0.3, -0.25) is 0 Å². The number of hydrogen-bond acceptors (Lipinski definition) is 4. The molecule has 1 saturated carbocycles. The van der Waals surface area contributed by atoms with Crippen LogP contribution in [0.2, 0.25) is 0 Å². The lowest BCUT2D eigenvalue weighted by Crippen LogP contribution is -2.57. The van der Waals surface area contributed by atoms with Crippen LogP contribution < -0.4 is 5.32 Å². The van der Waals surface area contributed by atoms with Gasteiger partial charge in [0.2, 0.25) is 0 Å². The zero-order valence-electron chi connectivity index (χ0n) is 11.0. The van der Waals surface area contributed by atoms with E-state index in [2.05, 4.69) is 5.32 Å². The van der Waals surface area contributed by atoms with E-state index in [9.17, 15) is 4.79 Å². The van der Waals surface area contributed by atoms with Crippen LogP contribution in [0.4, 0.5) is 0 Å². The van der Waals surface area contributed by atoms with Crippen molar-refractivity contribution in [2.45, 2.75) is 63.1 Å². The summed E-state index contributed by atoms with van der Waals surface area (Å²) >= 11 is 0. The Balaban J connectivity index is 1.84. The maximum absolute atomic E-state index is 11.2. The molecule has 0 amide bonds. The monoisotopic (exact) mass is 255 g/mol. The molecule has 3 unspecified atom stereocenters. The van der Waals surface area contributed by atoms with Gasteiger partial charge in [-0.25, -0.2) is 0 Å². The molecule has 2 fully saturated rings. The summed E-state index contributed by atoms with van der Waals surface area (Å²) in [5.74, 6) is 0.667. The zero-order chi connectivity index (χ0) is 12.8. The molecule has 0 aromatic carbocycles. The van der Waals surface area contributed by atoms with Gasteiger partial charge in [-0.05, 0) is 31.6 Å². The van der Waals surface area contributed by atoms with Gasteiger partial charge >= 0.3 is 0 Å². The highest BCUT2D eigenvalue weighted by Gasteiger charge is 2.34. The minimum Gasteiger partial charge on any atom is -0.396 e. The lowest BCUT2D eigenvalue weighted by atomic mass is 9.83. The number of carbonyl (C=O) groups excluding carboxylic acids is 1. The van der Waals surface area contributed by atoms with Gasteiger partial charge in [0.05, 0.1) is 18.8 Å². The first kappa shape index (κ1) is 14.0. The molecule has 0 aromatic rings. The highest BCUT2D eigenvalue weighted by atomic mass is 16.5. The largest absolute Gasteiger partial charge is 0.396 e. The zero-order valence-corrected chi connectivity index (χ0v) is 11.0. The Bertz CT molecular complexity index is 253. The van der Waals surface area contributed by atoms with Crippen molar-refractivity contribution >= 4 is 6.29 Å². The molecule has 0 spiro atoms. The Morgan fingerprint density at radius 3 is 2.72 bits per heavy atom. The summed E-state index contributed by atoms with van der Waals surface area (Å²) in [7, 11) is 0. The number of aldehydes is 1. The number of hydrogen-bond donors (Lipinski definition) is 2. The predicted octanol–water partition coefficient (Wildman–Crippen LogP) is 1.26. The first-order chi connectivity index (χ1) is 8.85. The Kier molecular flexibility index (Phi) is 5.60. The Labute approximate surface area is 109 Å². The molecule has 2 aliphatic rings. The van der Waals surface area contributed by atoms with E-state index in [4.69, 9.17) is 9.84 Å². The standard InChI is InChI=1S/C14H25NO3/c16-8-4-7-14-12(9-17)15-13(10-18-14)11-5-2-1-3-6-11/h9,11-16H,1-8,10H2. The molecular formula is C14H25NO3. The fourth-order valence-corrected chi connectivity index (χ4v) is 3.22. The maximum Gasteiger partial charge on any atom is 0.139 e. The molecule has 18 heavy (non-hydrogen) atoms. The van der Waals surface area contributed by atoms with E-state index in [0.29, 0.717) is 25.0 Å². The van der Waals surface area contributed by atoms with Crippen molar-refractivity contribution in [3.05, 3.63) is 0 Å². The molecule has 1 aliphatic heterocycles. The number of ether oxygens (including phenoxy) is 1. The van der Waals surface area contributed by atoms with Gasteiger partial charge in [0.25, 0.3) is 0 Å². The number of morpholine rings is 1. The average molecular weight is 255 g/mol. The minimum atomic E-state index is -0.197. The van der Waals surface area contributed by atoms with E-state index in [1.54, 1.807) is 0 Å². The van der Waals surface area contributed by atoms with Crippen LogP contribution in [0.15, 0.2) is 0 Å². The first-order valence-electron chi connectivity index (χ1n) is 7.29. The molecule has 4 heteroatoms. The third-order valence-electron chi connectivity index (χ3n) is 4.31. The summed E-state index contributed by atoms with van der Waals surface area (Å²) in [6.45, 7) is 0.878. The summed E-state index contributed by atoms with van der Waals surface area (Å²) < 4.78 is 5.84. The molecule has 0 bridgehead atoms. The summed E-state index contributed by atoms with van der Waals surface area (Å²) in [5, 5.41) is 12.3. The fourth-order valence-electron chi connectivity index (χ4n) is 3.22. The molecule has 1 aliphatic carbocycles. The van der Waals surface area contributed by atoms with Crippen LogP contribution >= 0.6 is 0 Å². The summed E-state index contributed by atoms with van der Waals surface area (Å²) in [5.41, 5.74) is 0. The average Bonchev–Trinajstić information content (AvgIpc) is 2.46. The van der Waals surface area contributed by atoms with Gasteiger partial charge in [-0.2, -0.15) is 0 Å². The van der Waals surface area contributed by atoms with Crippen molar-refractivity contribution in [2.75, 3.05) is 13.2 Å².